The van der Waals surface area contributed by atoms with Crippen molar-refractivity contribution < 1.29 is 9.90 Å². The lowest BCUT2D eigenvalue weighted by Gasteiger charge is -2.03. The predicted octanol–water partition coefficient (Wildman–Crippen LogP) is 6.80. The van der Waals surface area contributed by atoms with E-state index in [0.717, 1.165) is 38.8 Å². The largest absolute Gasteiger partial charge is 0.481 e. The van der Waals surface area contributed by atoms with Gasteiger partial charge < -0.3 is 16.6 Å². The van der Waals surface area contributed by atoms with Crippen LogP contribution < -0.4 is 11.5 Å². The summed E-state index contributed by atoms with van der Waals surface area (Å²) in [5, 5.41) is 8.52. The minimum atomic E-state index is -0.653. The van der Waals surface area contributed by atoms with E-state index in [4.69, 9.17) is 16.6 Å². The van der Waals surface area contributed by atoms with Crippen molar-refractivity contribution >= 4 is 5.97 Å². The molecule has 0 aromatic rings. The van der Waals surface area contributed by atoms with Crippen LogP contribution in [0.4, 0.5) is 0 Å². The lowest BCUT2D eigenvalue weighted by Crippen LogP contribution is -2.00. The first-order valence-corrected chi connectivity index (χ1v) is 12.3. The van der Waals surface area contributed by atoms with E-state index in [-0.39, 0.29) is 0 Å². The van der Waals surface area contributed by atoms with Gasteiger partial charge in [0.05, 0.1) is 0 Å². The molecule has 0 rings (SSSR count). The molecule has 0 bridgehead atoms. The first-order valence-electron chi connectivity index (χ1n) is 12.3. The van der Waals surface area contributed by atoms with Crippen molar-refractivity contribution in [3.8, 4) is 0 Å². The molecule has 0 aromatic heterocycles. The van der Waals surface area contributed by atoms with Gasteiger partial charge >= 0.3 is 5.97 Å². The number of hydrogen-bond donors (Lipinski definition) is 3. The topological polar surface area (TPSA) is 89.3 Å². The molecule has 0 aromatic carbocycles. The highest BCUT2D eigenvalue weighted by Gasteiger charge is 1.97. The maximum atomic E-state index is 10.3. The molecular weight excluding hydrogens is 348 g/mol. The van der Waals surface area contributed by atoms with Crippen molar-refractivity contribution in [2.24, 2.45) is 11.5 Å². The van der Waals surface area contributed by atoms with E-state index in [1.807, 2.05) is 0 Å². The quantitative estimate of drug-likeness (QED) is 0.185. The van der Waals surface area contributed by atoms with E-state index in [2.05, 4.69) is 6.92 Å². The van der Waals surface area contributed by atoms with Gasteiger partial charge in [0.2, 0.25) is 0 Å². The van der Waals surface area contributed by atoms with Gasteiger partial charge in [0.15, 0.2) is 0 Å². The fourth-order valence-corrected chi connectivity index (χ4v) is 3.29. The SMILES string of the molecule is CCCCCCCCCCCCCCCCCC(=O)O.NCCCCCCN. The average molecular weight is 401 g/mol. The number of carboxylic acids is 1. The fourth-order valence-electron chi connectivity index (χ4n) is 3.29. The molecule has 0 aliphatic rings. The van der Waals surface area contributed by atoms with Crippen LogP contribution in [0.1, 0.15) is 135 Å². The van der Waals surface area contributed by atoms with Crippen LogP contribution in [0.15, 0.2) is 0 Å². The molecule has 4 heteroatoms. The highest BCUT2D eigenvalue weighted by atomic mass is 16.4. The van der Waals surface area contributed by atoms with Crippen LogP contribution >= 0.6 is 0 Å². The summed E-state index contributed by atoms with van der Waals surface area (Å²) < 4.78 is 0. The molecule has 0 saturated heterocycles. The van der Waals surface area contributed by atoms with Gasteiger partial charge in [0.25, 0.3) is 0 Å². The Labute approximate surface area is 176 Å². The third kappa shape index (κ3) is 33.0. The monoisotopic (exact) mass is 400 g/mol. The summed E-state index contributed by atoms with van der Waals surface area (Å²) in [7, 11) is 0. The lowest BCUT2D eigenvalue weighted by molar-refractivity contribution is -0.137. The molecule has 28 heavy (non-hydrogen) atoms. The molecule has 0 atom stereocenters. The van der Waals surface area contributed by atoms with Gasteiger partial charge in [-0.25, -0.2) is 0 Å². The van der Waals surface area contributed by atoms with E-state index >= 15 is 0 Å². The number of aliphatic carboxylic acids is 1. The molecule has 4 nitrogen and oxygen atoms in total. The Morgan fingerprint density at radius 2 is 0.821 bits per heavy atom. The van der Waals surface area contributed by atoms with Gasteiger partial charge in [-0.05, 0) is 32.4 Å². The number of carbonyl (C=O) groups is 1. The zero-order valence-corrected chi connectivity index (χ0v) is 19.1. The second-order valence-corrected chi connectivity index (χ2v) is 8.09. The van der Waals surface area contributed by atoms with Crippen molar-refractivity contribution in [1.82, 2.24) is 0 Å². The minimum absolute atomic E-state index is 0.345. The maximum Gasteiger partial charge on any atom is 0.303 e. The molecule has 0 saturated carbocycles. The molecule has 0 radical (unpaired) electrons. The Hall–Kier alpha value is -0.610. The molecule has 0 fully saturated rings. The molecule has 5 N–H and O–H groups in total. The second-order valence-electron chi connectivity index (χ2n) is 8.09. The number of rotatable bonds is 21. The van der Waals surface area contributed by atoms with Gasteiger partial charge in [0, 0.05) is 6.42 Å². The summed E-state index contributed by atoms with van der Waals surface area (Å²) in [4.78, 5) is 10.3. The summed E-state index contributed by atoms with van der Waals surface area (Å²) in [5.41, 5.74) is 10.6. The molecule has 0 aliphatic heterocycles. The Morgan fingerprint density at radius 3 is 1.11 bits per heavy atom. The van der Waals surface area contributed by atoms with Crippen LogP contribution in [0, 0.1) is 0 Å². The highest BCUT2D eigenvalue weighted by Crippen LogP contribution is 2.13. The van der Waals surface area contributed by atoms with Gasteiger partial charge in [0.1, 0.15) is 0 Å². The van der Waals surface area contributed by atoms with Gasteiger partial charge in [-0.3, -0.25) is 4.79 Å². The molecule has 0 aliphatic carbocycles. The summed E-state index contributed by atoms with van der Waals surface area (Å²) >= 11 is 0. The summed E-state index contributed by atoms with van der Waals surface area (Å²) in [5.74, 6) is -0.653. The standard InChI is InChI=1S/C18H36O2.C6H16N2/c1-2-3-4-5-6-7-8-9-10-11-12-13-14-15-16-17-18(19)20;7-5-3-1-2-4-6-8/h2-17H2,1H3,(H,19,20);1-8H2. The molecule has 0 unspecified atom stereocenters. The van der Waals surface area contributed by atoms with Crippen LogP contribution in [0.3, 0.4) is 0 Å². The highest BCUT2D eigenvalue weighted by molar-refractivity contribution is 5.66. The van der Waals surface area contributed by atoms with E-state index < -0.39 is 5.97 Å². The van der Waals surface area contributed by atoms with E-state index in [1.54, 1.807) is 0 Å². The third-order valence-corrected chi connectivity index (χ3v) is 5.15. The zero-order valence-electron chi connectivity index (χ0n) is 19.1. The van der Waals surface area contributed by atoms with Crippen LogP contribution in [-0.2, 0) is 4.79 Å². The summed E-state index contributed by atoms with van der Waals surface area (Å²) in [6.07, 6.45) is 25.0. The first kappa shape index (κ1) is 29.6. The van der Waals surface area contributed by atoms with E-state index in [1.165, 1.54) is 96.3 Å². The lowest BCUT2D eigenvalue weighted by atomic mass is 10.0. The van der Waals surface area contributed by atoms with Crippen LogP contribution in [0.5, 0.6) is 0 Å². The normalized spacial score (nSPS) is 10.5. The second kappa shape index (κ2) is 28.6. The average Bonchev–Trinajstić information content (AvgIpc) is 2.68. The van der Waals surface area contributed by atoms with Gasteiger partial charge in [-0.1, -0.05) is 110 Å². The molecule has 0 spiro atoms. The fraction of sp³-hybridized carbons (Fsp3) is 0.958. The number of hydrogen-bond acceptors (Lipinski definition) is 3. The van der Waals surface area contributed by atoms with Crippen molar-refractivity contribution in [2.75, 3.05) is 13.1 Å². The molecule has 0 amide bonds. The van der Waals surface area contributed by atoms with Crippen molar-refractivity contribution in [2.45, 2.75) is 135 Å². The van der Waals surface area contributed by atoms with Crippen LogP contribution in [-0.4, -0.2) is 24.2 Å². The zero-order chi connectivity index (χ0) is 21.1. The molecular formula is C24H52N2O2. The van der Waals surface area contributed by atoms with Crippen molar-refractivity contribution in [3.05, 3.63) is 0 Å². The summed E-state index contributed by atoms with van der Waals surface area (Å²) in [6.45, 7) is 3.92. The minimum Gasteiger partial charge on any atom is -0.481 e. The third-order valence-electron chi connectivity index (χ3n) is 5.15. The number of carboxylic acid groups (broad SMARTS) is 1. The van der Waals surface area contributed by atoms with E-state index in [0.29, 0.717) is 6.42 Å². The number of unbranched alkanes of at least 4 members (excludes halogenated alkanes) is 17. The van der Waals surface area contributed by atoms with Gasteiger partial charge in [-0.15, -0.1) is 0 Å². The van der Waals surface area contributed by atoms with Crippen LogP contribution in [0.25, 0.3) is 0 Å². The predicted molar refractivity (Wildman–Crippen MR) is 124 cm³/mol. The Balaban J connectivity index is 0. The molecule has 170 valence electrons. The smallest absolute Gasteiger partial charge is 0.303 e. The van der Waals surface area contributed by atoms with Crippen molar-refractivity contribution in [3.63, 3.8) is 0 Å². The summed E-state index contributed by atoms with van der Waals surface area (Å²) in [6, 6.07) is 0. The van der Waals surface area contributed by atoms with Crippen molar-refractivity contribution in [1.29, 1.82) is 0 Å². The Kier molecular flexibility index (Phi) is 30.2. The first-order chi connectivity index (χ1) is 13.7. The molecule has 0 heterocycles. The van der Waals surface area contributed by atoms with Gasteiger partial charge in [-0.2, -0.15) is 0 Å². The van der Waals surface area contributed by atoms with Crippen LogP contribution in [0.2, 0.25) is 0 Å². The Morgan fingerprint density at radius 1 is 0.536 bits per heavy atom. The van der Waals surface area contributed by atoms with E-state index in [9.17, 15) is 4.79 Å². The Bertz CT molecular complexity index is 280. The maximum absolute atomic E-state index is 10.3. The number of nitrogens with two attached hydrogens (primary N) is 2.